The van der Waals surface area contributed by atoms with Gasteiger partial charge in [-0.05, 0) is 38.6 Å². The van der Waals surface area contributed by atoms with E-state index in [9.17, 15) is 5.11 Å². The highest BCUT2D eigenvalue weighted by Gasteiger charge is 2.44. The van der Waals surface area contributed by atoms with E-state index >= 15 is 0 Å². The standard InChI is InChI=1S/C15H33NO3Si/c1-8-20(9-2,11(3)4)19-13-10-14(17)18-12(5)15(13)16(6)7/h11-15,17H,8-10H2,1-7H3/t12-,13-,14+,15+/m0/s1. The maximum Gasteiger partial charge on any atom is 0.195 e. The summed E-state index contributed by atoms with van der Waals surface area (Å²) in [6.07, 6.45) is -0.0582. The Morgan fingerprint density at radius 1 is 1.30 bits per heavy atom. The molecule has 1 heterocycles. The average Bonchev–Trinajstić information content (AvgIpc) is 2.34. The van der Waals surface area contributed by atoms with Crippen molar-refractivity contribution in [2.75, 3.05) is 14.1 Å². The molecular formula is C15H33NO3Si. The van der Waals surface area contributed by atoms with Crippen molar-refractivity contribution in [3.63, 3.8) is 0 Å². The average molecular weight is 304 g/mol. The van der Waals surface area contributed by atoms with Crippen LogP contribution in [0.15, 0.2) is 0 Å². The zero-order chi connectivity index (χ0) is 15.5. The maximum atomic E-state index is 9.93. The minimum Gasteiger partial charge on any atom is -0.412 e. The summed E-state index contributed by atoms with van der Waals surface area (Å²) < 4.78 is 12.3. The molecular weight excluding hydrogens is 270 g/mol. The topological polar surface area (TPSA) is 41.9 Å². The molecule has 1 N–H and O–H groups in total. The molecule has 4 atom stereocenters. The molecule has 20 heavy (non-hydrogen) atoms. The lowest BCUT2D eigenvalue weighted by Gasteiger charge is -2.47. The molecule has 0 unspecified atom stereocenters. The summed E-state index contributed by atoms with van der Waals surface area (Å²) in [6.45, 7) is 11.1. The Bertz CT molecular complexity index is 295. The summed E-state index contributed by atoms with van der Waals surface area (Å²) in [5.41, 5.74) is 0.593. The van der Waals surface area contributed by atoms with Crippen LogP contribution in [0.3, 0.4) is 0 Å². The molecule has 5 heteroatoms. The predicted molar refractivity (Wildman–Crippen MR) is 85.3 cm³/mol. The van der Waals surface area contributed by atoms with Crippen molar-refractivity contribution in [2.24, 2.45) is 0 Å². The van der Waals surface area contributed by atoms with Gasteiger partial charge in [0, 0.05) is 6.42 Å². The van der Waals surface area contributed by atoms with Crippen LogP contribution < -0.4 is 0 Å². The Balaban J connectivity index is 2.94. The smallest absolute Gasteiger partial charge is 0.195 e. The Morgan fingerprint density at radius 3 is 2.25 bits per heavy atom. The zero-order valence-electron chi connectivity index (χ0n) is 14.2. The predicted octanol–water partition coefficient (Wildman–Crippen LogP) is 2.82. The number of hydrogen-bond donors (Lipinski definition) is 1. The molecule has 0 bridgehead atoms. The number of likely N-dealkylation sites (N-methyl/N-ethyl adjacent to an activating group) is 1. The SMILES string of the molecule is CC[Si](CC)(O[C@H]1C[C@H](O)O[C@@H](C)[C@H]1N(C)C)C(C)C. The fraction of sp³-hybridized carbons (Fsp3) is 1.00. The maximum absolute atomic E-state index is 9.93. The lowest BCUT2D eigenvalue weighted by Crippen LogP contribution is -2.58. The molecule has 1 aliphatic heterocycles. The van der Waals surface area contributed by atoms with Crippen LogP contribution in [0.4, 0.5) is 0 Å². The summed E-state index contributed by atoms with van der Waals surface area (Å²) in [6, 6.07) is 2.47. The molecule has 0 amide bonds. The van der Waals surface area contributed by atoms with Gasteiger partial charge in [0.05, 0.1) is 18.2 Å². The minimum absolute atomic E-state index is 0.00803. The van der Waals surface area contributed by atoms with E-state index in [1.807, 2.05) is 6.92 Å². The van der Waals surface area contributed by atoms with E-state index in [4.69, 9.17) is 9.16 Å². The Hall–Kier alpha value is 0.0569. The van der Waals surface area contributed by atoms with Crippen molar-refractivity contribution in [3.05, 3.63) is 0 Å². The molecule has 0 aromatic rings. The van der Waals surface area contributed by atoms with E-state index in [1.54, 1.807) is 0 Å². The molecule has 0 saturated carbocycles. The normalized spacial score (nSPS) is 32.1. The zero-order valence-corrected chi connectivity index (χ0v) is 15.2. The Morgan fingerprint density at radius 2 is 1.85 bits per heavy atom. The van der Waals surface area contributed by atoms with Crippen LogP contribution in [0.2, 0.25) is 17.6 Å². The van der Waals surface area contributed by atoms with Crippen molar-refractivity contribution in [1.29, 1.82) is 0 Å². The largest absolute Gasteiger partial charge is 0.412 e. The molecule has 0 aromatic heterocycles. The van der Waals surface area contributed by atoms with Gasteiger partial charge in [-0.3, -0.25) is 0 Å². The van der Waals surface area contributed by atoms with Crippen LogP contribution in [-0.2, 0) is 9.16 Å². The summed E-state index contributed by atoms with van der Waals surface area (Å²) in [4.78, 5) is 2.17. The van der Waals surface area contributed by atoms with Crippen molar-refractivity contribution < 1.29 is 14.3 Å². The third kappa shape index (κ3) is 3.83. The van der Waals surface area contributed by atoms with E-state index in [1.165, 1.54) is 0 Å². The van der Waals surface area contributed by atoms with Gasteiger partial charge in [-0.25, -0.2) is 0 Å². The number of nitrogens with zero attached hydrogens (tertiary/aromatic N) is 1. The van der Waals surface area contributed by atoms with Crippen molar-refractivity contribution in [2.45, 2.75) is 83.2 Å². The lowest BCUT2D eigenvalue weighted by atomic mass is 9.99. The second-order valence-corrected chi connectivity index (χ2v) is 11.5. The van der Waals surface area contributed by atoms with Gasteiger partial charge in [0.2, 0.25) is 0 Å². The van der Waals surface area contributed by atoms with E-state index in [0.717, 1.165) is 12.1 Å². The summed E-state index contributed by atoms with van der Waals surface area (Å²) >= 11 is 0. The fourth-order valence-electron chi connectivity index (χ4n) is 3.57. The summed E-state index contributed by atoms with van der Waals surface area (Å²) in [5.74, 6) is 0. The van der Waals surface area contributed by atoms with E-state index in [2.05, 4.69) is 46.7 Å². The number of aliphatic hydroxyl groups excluding tert-OH is 1. The highest BCUT2D eigenvalue weighted by molar-refractivity contribution is 6.75. The number of hydrogen-bond acceptors (Lipinski definition) is 4. The summed E-state index contributed by atoms with van der Waals surface area (Å²) in [5, 5.41) is 9.93. The van der Waals surface area contributed by atoms with Crippen molar-refractivity contribution in [1.82, 2.24) is 4.90 Å². The number of ether oxygens (including phenoxy) is 1. The first kappa shape index (κ1) is 18.1. The van der Waals surface area contributed by atoms with Gasteiger partial charge >= 0.3 is 0 Å². The number of aliphatic hydroxyl groups is 1. The van der Waals surface area contributed by atoms with Gasteiger partial charge in [0.25, 0.3) is 0 Å². The van der Waals surface area contributed by atoms with Crippen LogP contribution in [0.5, 0.6) is 0 Å². The summed E-state index contributed by atoms with van der Waals surface area (Å²) in [7, 11) is 2.38. The second kappa shape index (κ2) is 7.36. The van der Waals surface area contributed by atoms with Crippen LogP contribution in [0.1, 0.15) is 41.0 Å². The molecule has 0 aliphatic carbocycles. The van der Waals surface area contributed by atoms with Crippen LogP contribution >= 0.6 is 0 Å². The highest BCUT2D eigenvalue weighted by Crippen LogP contribution is 2.35. The fourth-order valence-corrected chi connectivity index (χ4v) is 7.14. The molecule has 0 spiro atoms. The molecule has 0 aromatic carbocycles. The van der Waals surface area contributed by atoms with Gasteiger partial charge in [-0.15, -0.1) is 0 Å². The quantitative estimate of drug-likeness (QED) is 0.766. The molecule has 1 fully saturated rings. The third-order valence-corrected chi connectivity index (χ3v) is 10.2. The van der Waals surface area contributed by atoms with Crippen LogP contribution in [0.25, 0.3) is 0 Å². The van der Waals surface area contributed by atoms with Gasteiger partial charge in [-0.1, -0.05) is 27.7 Å². The lowest BCUT2D eigenvalue weighted by molar-refractivity contribution is -0.206. The minimum atomic E-state index is -1.75. The van der Waals surface area contributed by atoms with E-state index < -0.39 is 14.6 Å². The van der Waals surface area contributed by atoms with Crippen LogP contribution in [0, 0.1) is 0 Å². The van der Waals surface area contributed by atoms with Crippen molar-refractivity contribution in [3.8, 4) is 0 Å². The Kier molecular flexibility index (Phi) is 6.66. The van der Waals surface area contributed by atoms with Crippen molar-refractivity contribution >= 4 is 8.32 Å². The second-order valence-electron chi connectivity index (χ2n) is 6.57. The van der Waals surface area contributed by atoms with E-state index in [-0.39, 0.29) is 18.2 Å². The highest BCUT2D eigenvalue weighted by atomic mass is 28.4. The first-order valence-corrected chi connectivity index (χ1v) is 10.3. The van der Waals surface area contributed by atoms with Gasteiger partial charge in [-0.2, -0.15) is 0 Å². The molecule has 120 valence electrons. The monoisotopic (exact) mass is 303 g/mol. The third-order valence-electron chi connectivity index (χ3n) is 4.90. The molecule has 0 radical (unpaired) electrons. The van der Waals surface area contributed by atoms with Crippen LogP contribution in [-0.4, -0.2) is 57.0 Å². The first-order valence-electron chi connectivity index (χ1n) is 7.95. The van der Waals surface area contributed by atoms with Gasteiger partial charge in [0.15, 0.2) is 14.6 Å². The van der Waals surface area contributed by atoms with E-state index in [0.29, 0.717) is 12.0 Å². The molecule has 4 nitrogen and oxygen atoms in total. The first-order chi connectivity index (χ1) is 9.27. The van der Waals surface area contributed by atoms with Gasteiger partial charge in [0.1, 0.15) is 0 Å². The van der Waals surface area contributed by atoms with Gasteiger partial charge < -0.3 is 19.2 Å². The Labute approximate surface area is 125 Å². The molecule has 1 saturated heterocycles. The molecule has 1 rings (SSSR count). The molecule has 1 aliphatic rings. The number of rotatable bonds is 6.